The lowest BCUT2D eigenvalue weighted by molar-refractivity contribution is -0.119. The quantitative estimate of drug-likeness (QED) is 0.899. The molecule has 0 atom stereocenters. The summed E-state index contributed by atoms with van der Waals surface area (Å²) in [6.45, 7) is 2.39. The molecular formula is C10H15F3N4O. The molecule has 0 aliphatic rings. The Morgan fingerprint density at radius 3 is 2.50 bits per heavy atom. The standard InChI is InChI=1S/C10H15F3N4O/c1-6(2)18-9-7(14)8(15-5-16-9)17(3)4-10(11,12)13/h5-6H,4,14H2,1-3H3. The van der Waals surface area contributed by atoms with Crippen LogP contribution in [0.1, 0.15) is 13.8 Å². The van der Waals surface area contributed by atoms with Crippen LogP contribution in [0.2, 0.25) is 0 Å². The average Bonchev–Trinajstić information content (AvgIpc) is 2.17. The van der Waals surface area contributed by atoms with Gasteiger partial charge in [-0.3, -0.25) is 0 Å². The van der Waals surface area contributed by atoms with E-state index in [1.807, 2.05) is 0 Å². The van der Waals surface area contributed by atoms with Crippen LogP contribution >= 0.6 is 0 Å². The molecule has 0 aliphatic carbocycles. The lowest BCUT2D eigenvalue weighted by atomic mass is 10.4. The largest absolute Gasteiger partial charge is 0.473 e. The maximum Gasteiger partial charge on any atom is 0.405 e. The third-order valence-electron chi connectivity index (χ3n) is 1.95. The highest BCUT2D eigenvalue weighted by molar-refractivity contribution is 5.67. The van der Waals surface area contributed by atoms with Crippen molar-refractivity contribution in [2.75, 3.05) is 24.2 Å². The Bertz CT molecular complexity index is 409. The van der Waals surface area contributed by atoms with E-state index in [0.29, 0.717) is 0 Å². The second-order valence-electron chi connectivity index (χ2n) is 4.05. The van der Waals surface area contributed by atoms with Gasteiger partial charge in [0.1, 0.15) is 18.6 Å². The maximum atomic E-state index is 12.3. The zero-order valence-corrected chi connectivity index (χ0v) is 10.3. The third-order valence-corrected chi connectivity index (χ3v) is 1.95. The van der Waals surface area contributed by atoms with Crippen LogP contribution in [0, 0.1) is 0 Å². The molecule has 0 aliphatic heterocycles. The summed E-state index contributed by atoms with van der Waals surface area (Å²) in [6.07, 6.45) is -3.38. The molecule has 0 unspecified atom stereocenters. The molecule has 0 spiro atoms. The molecule has 0 saturated heterocycles. The number of hydrogen-bond donors (Lipinski definition) is 1. The van der Waals surface area contributed by atoms with Crippen molar-refractivity contribution in [3.8, 4) is 5.88 Å². The minimum absolute atomic E-state index is 0.00187. The second-order valence-corrected chi connectivity index (χ2v) is 4.05. The Hall–Kier alpha value is -1.73. The number of nitrogens with zero attached hydrogens (tertiary/aromatic N) is 3. The van der Waals surface area contributed by atoms with Crippen molar-refractivity contribution in [2.45, 2.75) is 26.1 Å². The van der Waals surface area contributed by atoms with Crippen LogP contribution < -0.4 is 15.4 Å². The summed E-state index contributed by atoms with van der Waals surface area (Å²) in [7, 11) is 1.26. The van der Waals surface area contributed by atoms with E-state index < -0.39 is 12.7 Å². The van der Waals surface area contributed by atoms with Crippen molar-refractivity contribution >= 4 is 11.5 Å². The van der Waals surface area contributed by atoms with Gasteiger partial charge in [-0.1, -0.05) is 0 Å². The molecule has 2 N–H and O–H groups in total. The van der Waals surface area contributed by atoms with Gasteiger partial charge in [0.25, 0.3) is 0 Å². The first-order valence-electron chi connectivity index (χ1n) is 5.25. The van der Waals surface area contributed by atoms with E-state index >= 15 is 0 Å². The van der Waals surface area contributed by atoms with Gasteiger partial charge < -0.3 is 15.4 Å². The van der Waals surface area contributed by atoms with E-state index in [2.05, 4.69) is 9.97 Å². The Balaban J connectivity index is 2.96. The fourth-order valence-corrected chi connectivity index (χ4v) is 1.34. The monoisotopic (exact) mass is 264 g/mol. The smallest absolute Gasteiger partial charge is 0.405 e. The van der Waals surface area contributed by atoms with Crippen molar-refractivity contribution in [3.63, 3.8) is 0 Å². The van der Waals surface area contributed by atoms with Gasteiger partial charge in [0.2, 0.25) is 5.88 Å². The van der Waals surface area contributed by atoms with Gasteiger partial charge in [-0.25, -0.2) is 4.98 Å². The molecule has 0 amide bonds. The molecule has 1 aromatic heterocycles. The summed E-state index contributed by atoms with van der Waals surface area (Å²) in [5.41, 5.74) is 5.69. The molecule has 18 heavy (non-hydrogen) atoms. The summed E-state index contributed by atoms with van der Waals surface area (Å²) in [5.74, 6) is 0.0852. The van der Waals surface area contributed by atoms with Gasteiger partial charge in [-0.05, 0) is 13.8 Å². The molecule has 8 heteroatoms. The van der Waals surface area contributed by atoms with Gasteiger partial charge in [-0.15, -0.1) is 0 Å². The first-order chi connectivity index (χ1) is 8.20. The lowest BCUT2D eigenvalue weighted by Gasteiger charge is -2.22. The first-order valence-corrected chi connectivity index (χ1v) is 5.25. The topological polar surface area (TPSA) is 64.3 Å². The molecule has 1 aromatic rings. The lowest BCUT2D eigenvalue weighted by Crippen LogP contribution is -2.32. The molecule has 0 bridgehead atoms. The summed E-state index contributed by atoms with van der Waals surface area (Å²) in [4.78, 5) is 8.44. The fraction of sp³-hybridized carbons (Fsp3) is 0.600. The molecule has 0 radical (unpaired) electrons. The summed E-state index contributed by atoms with van der Waals surface area (Å²) >= 11 is 0. The van der Waals surface area contributed by atoms with Gasteiger partial charge in [0, 0.05) is 7.05 Å². The summed E-state index contributed by atoms with van der Waals surface area (Å²) < 4.78 is 42.1. The molecule has 102 valence electrons. The zero-order chi connectivity index (χ0) is 13.9. The zero-order valence-electron chi connectivity index (χ0n) is 10.3. The van der Waals surface area contributed by atoms with E-state index in [9.17, 15) is 13.2 Å². The molecule has 0 fully saturated rings. The minimum Gasteiger partial charge on any atom is -0.473 e. The molecule has 1 rings (SSSR count). The van der Waals surface area contributed by atoms with Crippen molar-refractivity contribution in [2.24, 2.45) is 0 Å². The van der Waals surface area contributed by atoms with Gasteiger partial charge in [0.05, 0.1) is 6.10 Å². The van der Waals surface area contributed by atoms with E-state index in [0.717, 1.165) is 11.2 Å². The number of anilines is 2. The number of nitrogen functional groups attached to an aromatic ring is 1. The summed E-state index contributed by atoms with van der Waals surface area (Å²) in [6, 6.07) is 0. The van der Waals surface area contributed by atoms with Crippen LogP contribution in [-0.2, 0) is 0 Å². The first kappa shape index (κ1) is 14.3. The normalized spacial score (nSPS) is 11.7. The minimum atomic E-state index is -4.33. The van der Waals surface area contributed by atoms with Crippen LogP contribution in [0.5, 0.6) is 5.88 Å². The average molecular weight is 264 g/mol. The molecular weight excluding hydrogens is 249 g/mol. The highest BCUT2D eigenvalue weighted by atomic mass is 19.4. The molecule has 5 nitrogen and oxygen atoms in total. The maximum absolute atomic E-state index is 12.3. The molecule has 0 aromatic carbocycles. The van der Waals surface area contributed by atoms with E-state index in [1.165, 1.54) is 7.05 Å². The Labute approximate surface area is 103 Å². The number of hydrogen-bond acceptors (Lipinski definition) is 5. The number of alkyl halides is 3. The Morgan fingerprint density at radius 1 is 1.39 bits per heavy atom. The summed E-state index contributed by atoms with van der Waals surface area (Å²) in [5, 5.41) is 0. The van der Waals surface area contributed by atoms with Crippen LogP contribution in [0.25, 0.3) is 0 Å². The predicted molar refractivity (Wildman–Crippen MR) is 61.5 cm³/mol. The van der Waals surface area contributed by atoms with E-state index in [4.69, 9.17) is 10.5 Å². The predicted octanol–water partition coefficient (Wildman–Crippen LogP) is 1.84. The molecule has 0 saturated carbocycles. The number of nitrogens with two attached hydrogens (primary N) is 1. The number of rotatable bonds is 4. The van der Waals surface area contributed by atoms with E-state index in [1.54, 1.807) is 13.8 Å². The number of aromatic nitrogens is 2. The Morgan fingerprint density at radius 2 is 2.00 bits per heavy atom. The van der Waals surface area contributed by atoms with Crippen LogP contribution in [0.3, 0.4) is 0 Å². The highest BCUT2D eigenvalue weighted by Crippen LogP contribution is 2.29. The SMILES string of the molecule is CC(C)Oc1ncnc(N(C)CC(F)(F)F)c1N. The number of ether oxygens (including phenoxy) is 1. The van der Waals surface area contributed by atoms with Gasteiger partial charge >= 0.3 is 6.18 Å². The van der Waals surface area contributed by atoms with Crippen molar-refractivity contribution < 1.29 is 17.9 Å². The highest BCUT2D eigenvalue weighted by Gasteiger charge is 2.31. The van der Waals surface area contributed by atoms with E-state index in [-0.39, 0.29) is 23.5 Å². The third kappa shape index (κ3) is 3.94. The fourth-order valence-electron chi connectivity index (χ4n) is 1.34. The van der Waals surface area contributed by atoms with Gasteiger partial charge in [-0.2, -0.15) is 18.2 Å². The molecule has 1 heterocycles. The van der Waals surface area contributed by atoms with Crippen molar-refractivity contribution in [1.82, 2.24) is 9.97 Å². The second kappa shape index (κ2) is 5.28. The Kier molecular flexibility index (Phi) is 4.20. The van der Waals surface area contributed by atoms with Crippen LogP contribution in [0.15, 0.2) is 6.33 Å². The van der Waals surface area contributed by atoms with Gasteiger partial charge in [0.15, 0.2) is 5.82 Å². The van der Waals surface area contributed by atoms with Crippen LogP contribution in [0.4, 0.5) is 24.7 Å². The van der Waals surface area contributed by atoms with Crippen molar-refractivity contribution in [3.05, 3.63) is 6.33 Å². The van der Waals surface area contributed by atoms with Crippen molar-refractivity contribution in [1.29, 1.82) is 0 Å². The number of halogens is 3. The van der Waals surface area contributed by atoms with Crippen LogP contribution in [-0.4, -0.2) is 35.8 Å².